The Morgan fingerprint density at radius 3 is 2.55 bits per heavy atom. The zero-order valence-corrected chi connectivity index (χ0v) is 11.8. The number of aromatic nitrogens is 1. The van der Waals surface area contributed by atoms with Crippen LogP contribution in [0.15, 0.2) is 18.3 Å². The fourth-order valence-electron chi connectivity index (χ4n) is 2.51. The van der Waals surface area contributed by atoms with Crippen molar-refractivity contribution in [3.05, 3.63) is 23.9 Å². The summed E-state index contributed by atoms with van der Waals surface area (Å²) in [6, 6.07) is 3.53. The van der Waals surface area contributed by atoms with Gasteiger partial charge < -0.3 is 10.6 Å². The van der Waals surface area contributed by atoms with E-state index in [1.807, 2.05) is 0 Å². The predicted octanol–water partition coefficient (Wildman–Crippen LogP) is 2.49. The largest absolute Gasteiger partial charge is 0.349 e. The van der Waals surface area contributed by atoms with Crippen LogP contribution >= 0.6 is 0 Å². The van der Waals surface area contributed by atoms with Crippen LogP contribution in [-0.2, 0) is 4.79 Å². The Hall–Kier alpha value is -1.91. The van der Waals surface area contributed by atoms with Gasteiger partial charge in [0.1, 0.15) is 5.82 Å². The van der Waals surface area contributed by atoms with Gasteiger partial charge in [0.15, 0.2) is 0 Å². The highest BCUT2D eigenvalue weighted by atomic mass is 16.2. The van der Waals surface area contributed by atoms with Crippen LogP contribution < -0.4 is 10.6 Å². The van der Waals surface area contributed by atoms with Crippen molar-refractivity contribution in [3.8, 4) is 0 Å². The first-order valence-electron chi connectivity index (χ1n) is 7.19. The van der Waals surface area contributed by atoms with Gasteiger partial charge in [0, 0.05) is 24.7 Å². The molecule has 1 aliphatic carbocycles. The van der Waals surface area contributed by atoms with E-state index in [4.69, 9.17) is 0 Å². The van der Waals surface area contributed by atoms with Gasteiger partial charge in [0.25, 0.3) is 5.91 Å². The lowest BCUT2D eigenvalue weighted by molar-refractivity contribution is -0.114. The van der Waals surface area contributed by atoms with E-state index in [0.717, 1.165) is 12.8 Å². The molecule has 108 valence electrons. The highest BCUT2D eigenvalue weighted by Gasteiger charge is 2.16. The number of nitrogens with one attached hydrogen (secondary N) is 2. The summed E-state index contributed by atoms with van der Waals surface area (Å²) in [5.74, 6) is 0.121. The molecule has 0 bridgehead atoms. The fourth-order valence-corrected chi connectivity index (χ4v) is 2.51. The Labute approximate surface area is 119 Å². The Kier molecular flexibility index (Phi) is 5.09. The predicted molar refractivity (Wildman–Crippen MR) is 77.5 cm³/mol. The van der Waals surface area contributed by atoms with E-state index in [0.29, 0.717) is 11.4 Å². The smallest absolute Gasteiger partial charge is 0.251 e. The van der Waals surface area contributed by atoms with E-state index in [9.17, 15) is 9.59 Å². The van der Waals surface area contributed by atoms with Crippen molar-refractivity contribution in [1.82, 2.24) is 10.3 Å². The van der Waals surface area contributed by atoms with Gasteiger partial charge in [-0.3, -0.25) is 9.59 Å². The summed E-state index contributed by atoms with van der Waals surface area (Å²) in [7, 11) is 0. The Morgan fingerprint density at radius 1 is 1.20 bits per heavy atom. The monoisotopic (exact) mass is 275 g/mol. The quantitative estimate of drug-likeness (QED) is 0.833. The van der Waals surface area contributed by atoms with E-state index < -0.39 is 0 Å². The summed E-state index contributed by atoms with van der Waals surface area (Å²) in [5, 5.41) is 5.66. The number of carbonyl (C=O) groups excluding carboxylic acids is 2. The molecule has 1 aliphatic rings. The van der Waals surface area contributed by atoms with Crippen LogP contribution in [0.25, 0.3) is 0 Å². The van der Waals surface area contributed by atoms with Gasteiger partial charge in [-0.2, -0.15) is 0 Å². The van der Waals surface area contributed by atoms with Crippen molar-refractivity contribution in [2.75, 3.05) is 5.32 Å². The highest BCUT2D eigenvalue weighted by molar-refractivity contribution is 5.96. The first-order valence-corrected chi connectivity index (χ1v) is 7.19. The first-order chi connectivity index (χ1) is 9.65. The van der Waals surface area contributed by atoms with Gasteiger partial charge in [-0.25, -0.2) is 4.98 Å². The fraction of sp³-hybridized carbons (Fsp3) is 0.533. The van der Waals surface area contributed by atoms with Crippen molar-refractivity contribution < 1.29 is 9.59 Å². The van der Waals surface area contributed by atoms with E-state index in [2.05, 4.69) is 15.6 Å². The SMILES string of the molecule is CC(=O)Nc1cc(C(=O)NC2CCCCCC2)ccn1. The number of pyridine rings is 1. The lowest BCUT2D eigenvalue weighted by atomic mass is 10.1. The van der Waals surface area contributed by atoms with Gasteiger partial charge in [-0.05, 0) is 25.0 Å². The number of hydrogen-bond acceptors (Lipinski definition) is 3. The second-order valence-electron chi connectivity index (χ2n) is 5.27. The van der Waals surface area contributed by atoms with Crippen molar-refractivity contribution >= 4 is 17.6 Å². The molecule has 1 saturated carbocycles. The molecule has 1 heterocycles. The molecule has 5 heteroatoms. The number of anilines is 1. The molecule has 1 aromatic heterocycles. The number of amides is 2. The molecule has 2 N–H and O–H groups in total. The first kappa shape index (κ1) is 14.5. The maximum absolute atomic E-state index is 12.2. The molecule has 2 rings (SSSR count). The minimum atomic E-state index is -0.196. The minimum Gasteiger partial charge on any atom is -0.349 e. The Morgan fingerprint density at radius 2 is 1.90 bits per heavy atom. The van der Waals surface area contributed by atoms with Crippen LogP contribution in [0.1, 0.15) is 55.8 Å². The molecule has 1 fully saturated rings. The molecule has 0 radical (unpaired) electrons. The van der Waals surface area contributed by atoms with Gasteiger partial charge >= 0.3 is 0 Å². The molecule has 0 aliphatic heterocycles. The van der Waals surface area contributed by atoms with Gasteiger partial charge in [-0.1, -0.05) is 25.7 Å². The number of carbonyl (C=O) groups is 2. The third-order valence-electron chi connectivity index (χ3n) is 3.52. The van der Waals surface area contributed by atoms with E-state index in [-0.39, 0.29) is 17.9 Å². The third kappa shape index (κ3) is 4.33. The molecular weight excluding hydrogens is 254 g/mol. The Bertz CT molecular complexity index is 480. The lowest BCUT2D eigenvalue weighted by Crippen LogP contribution is -2.34. The lowest BCUT2D eigenvalue weighted by Gasteiger charge is -2.16. The molecule has 0 aromatic carbocycles. The molecule has 1 aromatic rings. The molecular formula is C15H21N3O2. The number of nitrogens with zero attached hydrogens (tertiary/aromatic N) is 1. The minimum absolute atomic E-state index is 0.0918. The van der Waals surface area contributed by atoms with Crippen LogP contribution in [0.5, 0.6) is 0 Å². The summed E-state index contributed by atoms with van der Waals surface area (Å²) in [5.41, 5.74) is 0.535. The average molecular weight is 275 g/mol. The zero-order valence-electron chi connectivity index (χ0n) is 11.8. The molecule has 0 atom stereocenters. The average Bonchev–Trinajstić information content (AvgIpc) is 2.67. The van der Waals surface area contributed by atoms with Crippen LogP contribution in [0.3, 0.4) is 0 Å². The van der Waals surface area contributed by atoms with E-state index in [1.54, 1.807) is 12.1 Å². The van der Waals surface area contributed by atoms with Gasteiger partial charge in [0.05, 0.1) is 0 Å². The van der Waals surface area contributed by atoms with Crippen LogP contribution in [0.2, 0.25) is 0 Å². The topological polar surface area (TPSA) is 71.1 Å². The second-order valence-corrected chi connectivity index (χ2v) is 5.27. The second kappa shape index (κ2) is 7.03. The zero-order chi connectivity index (χ0) is 14.4. The normalized spacial score (nSPS) is 16.2. The van der Waals surface area contributed by atoms with E-state index in [1.165, 1.54) is 38.8 Å². The summed E-state index contributed by atoms with van der Waals surface area (Å²) >= 11 is 0. The molecule has 2 amide bonds. The van der Waals surface area contributed by atoms with Gasteiger partial charge in [-0.15, -0.1) is 0 Å². The summed E-state index contributed by atoms with van der Waals surface area (Å²) in [4.78, 5) is 27.2. The molecule has 5 nitrogen and oxygen atoms in total. The summed E-state index contributed by atoms with van der Waals surface area (Å²) in [6.07, 6.45) is 8.51. The maximum atomic E-state index is 12.2. The standard InChI is InChI=1S/C15H21N3O2/c1-11(19)17-14-10-12(8-9-16-14)15(20)18-13-6-4-2-3-5-7-13/h8-10,13H,2-7H2,1H3,(H,18,20)(H,16,17,19). The molecule has 0 saturated heterocycles. The van der Waals surface area contributed by atoms with Crippen LogP contribution in [0.4, 0.5) is 5.82 Å². The summed E-state index contributed by atoms with van der Waals surface area (Å²) < 4.78 is 0. The number of hydrogen-bond donors (Lipinski definition) is 2. The third-order valence-corrected chi connectivity index (χ3v) is 3.52. The van der Waals surface area contributed by atoms with Crippen molar-refractivity contribution in [3.63, 3.8) is 0 Å². The van der Waals surface area contributed by atoms with Crippen LogP contribution in [0, 0.1) is 0 Å². The van der Waals surface area contributed by atoms with E-state index >= 15 is 0 Å². The van der Waals surface area contributed by atoms with Crippen molar-refractivity contribution in [2.24, 2.45) is 0 Å². The molecule has 0 spiro atoms. The molecule has 0 unspecified atom stereocenters. The highest BCUT2D eigenvalue weighted by Crippen LogP contribution is 2.18. The van der Waals surface area contributed by atoms with Crippen molar-refractivity contribution in [2.45, 2.75) is 51.5 Å². The number of rotatable bonds is 3. The van der Waals surface area contributed by atoms with Crippen LogP contribution in [-0.4, -0.2) is 22.8 Å². The summed E-state index contributed by atoms with van der Waals surface area (Å²) in [6.45, 7) is 1.42. The maximum Gasteiger partial charge on any atom is 0.251 e. The van der Waals surface area contributed by atoms with Gasteiger partial charge in [0.2, 0.25) is 5.91 Å². The molecule has 20 heavy (non-hydrogen) atoms. The van der Waals surface area contributed by atoms with Crippen molar-refractivity contribution in [1.29, 1.82) is 0 Å². The Balaban J connectivity index is 1.99.